The van der Waals surface area contributed by atoms with Crippen LogP contribution in [-0.2, 0) is 4.74 Å². The average Bonchev–Trinajstić information content (AvgIpc) is 3.26. The molecule has 0 spiro atoms. The van der Waals surface area contributed by atoms with Gasteiger partial charge in [-0.05, 0) is 48.9 Å². The smallest absolute Gasteiger partial charge is 0.277 e. The van der Waals surface area contributed by atoms with Gasteiger partial charge in [0.1, 0.15) is 5.75 Å². The Balaban J connectivity index is 0.00000256. The lowest BCUT2D eigenvalue weighted by Crippen LogP contribution is -2.33. The molecule has 0 bridgehead atoms. The Kier molecular flexibility index (Phi) is 7.40. The number of nitrogens with one attached hydrogen (secondary N) is 2. The van der Waals surface area contributed by atoms with Crippen molar-refractivity contribution in [3.05, 3.63) is 66.0 Å². The molecule has 158 valence electrons. The van der Waals surface area contributed by atoms with E-state index < -0.39 is 0 Å². The van der Waals surface area contributed by atoms with Crippen LogP contribution in [0.25, 0.3) is 5.69 Å². The van der Waals surface area contributed by atoms with E-state index in [2.05, 4.69) is 20.8 Å². The molecule has 1 saturated heterocycles. The van der Waals surface area contributed by atoms with E-state index in [-0.39, 0.29) is 30.1 Å². The standard InChI is InChI=1S/C21H23N5O3.ClH/c1-2-28-18-9-7-17(8-10-18)26-23-13-19(25-26)21(27)24-16-5-3-15(4-6-16)20-14-22-11-12-29-20;/h3-10,13,20,22H,2,11-12,14H2,1H3,(H,24,27);1H. The third kappa shape index (κ3) is 5.15. The van der Waals surface area contributed by atoms with Crippen molar-refractivity contribution in [2.45, 2.75) is 13.0 Å². The summed E-state index contributed by atoms with van der Waals surface area (Å²) in [5, 5.41) is 14.6. The van der Waals surface area contributed by atoms with Gasteiger partial charge in [-0.15, -0.1) is 17.5 Å². The fourth-order valence-electron chi connectivity index (χ4n) is 3.09. The lowest BCUT2D eigenvalue weighted by Gasteiger charge is -2.24. The first-order valence-electron chi connectivity index (χ1n) is 9.62. The van der Waals surface area contributed by atoms with Crippen LogP contribution in [0.2, 0.25) is 0 Å². The lowest BCUT2D eigenvalue weighted by atomic mass is 10.1. The Morgan fingerprint density at radius 2 is 2.00 bits per heavy atom. The van der Waals surface area contributed by atoms with E-state index in [1.807, 2.05) is 55.5 Å². The van der Waals surface area contributed by atoms with Crippen molar-refractivity contribution >= 4 is 24.0 Å². The van der Waals surface area contributed by atoms with E-state index in [4.69, 9.17) is 9.47 Å². The minimum absolute atomic E-state index is 0. The van der Waals surface area contributed by atoms with Crippen LogP contribution in [0.15, 0.2) is 54.7 Å². The zero-order valence-electron chi connectivity index (χ0n) is 16.6. The molecule has 2 aromatic carbocycles. The normalized spacial score (nSPS) is 15.8. The summed E-state index contributed by atoms with van der Waals surface area (Å²) in [4.78, 5) is 13.9. The Bertz CT molecular complexity index is 954. The van der Waals surface area contributed by atoms with E-state index in [1.165, 1.54) is 11.0 Å². The molecular formula is C21H24ClN5O3. The number of carbonyl (C=O) groups excluding carboxylic acids is 1. The van der Waals surface area contributed by atoms with Gasteiger partial charge in [0.15, 0.2) is 5.69 Å². The first kappa shape index (κ1) is 21.8. The number of ether oxygens (including phenoxy) is 2. The third-order valence-corrected chi connectivity index (χ3v) is 4.57. The van der Waals surface area contributed by atoms with E-state index in [0.717, 1.165) is 30.1 Å². The van der Waals surface area contributed by atoms with E-state index >= 15 is 0 Å². The Morgan fingerprint density at radius 3 is 2.67 bits per heavy atom. The largest absolute Gasteiger partial charge is 0.494 e. The zero-order chi connectivity index (χ0) is 20.1. The van der Waals surface area contributed by atoms with Gasteiger partial charge in [-0.3, -0.25) is 4.79 Å². The molecule has 0 aliphatic carbocycles. The molecule has 8 nitrogen and oxygen atoms in total. The second-order valence-corrected chi connectivity index (χ2v) is 6.59. The van der Waals surface area contributed by atoms with Gasteiger partial charge in [-0.1, -0.05) is 12.1 Å². The molecule has 9 heteroatoms. The monoisotopic (exact) mass is 429 g/mol. The SMILES string of the molecule is CCOc1ccc(-n2ncc(C(=O)Nc3ccc(C4CNCCO4)cc3)n2)cc1.Cl. The fraction of sp³-hybridized carbons (Fsp3) is 0.286. The molecule has 1 amide bonds. The molecule has 1 aromatic heterocycles. The molecule has 1 atom stereocenters. The molecular weight excluding hydrogens is 406 g/mol. The first-order valence-corrected chi connectivity index (χ1v) is 9.62. The minimum atomic E-state index is -0.314. The Hall–Kier alpha value is -2.94. The van der Waals surface area contributed by atoms with Crippen LogP contribution in [0.4, 0.5) is 5.69 Å². The van der Waals surface area contributed by atoms with E-state index in [1.54, 1.807) is 0 Å². The second kappa shape index (κ2) is 10.2. The number of anilines is 1. The number of hydrogen-bond acceptors (Lipinski definition) is 6. The predicted molar refractivity (Wildman–Crippen MR) is 116 cm³/mol. The van der Waals surface area contributed by atoms with Crippen molar-refractivity contribution in [1.29, 1.82) is 0 Å². The van der Waals surface area contributed by atoms with Crippen molar-refractivity contribution < 1.29 is 14.3 Å². The van der Waals surface area contributed by atoms with Crippen LogP contribution >= 0.6 is 12.4 Å². The van der Waals surface area contributed by atoms with Crippen LogP contribution < -0.4 is 15.4 Å². The predicted octanol–water partition coefficient (Wildman–Crippen LogP) is 3.00. The number of hydrogen-bond donors (Lipinski definition) is 2. The number of benzene rings is 2. The average molecular weight is 430 g/mol. The van der Waals surface area contributed by atoms with Gasteiger partial charge in [0.25, 0.3) is 5.91 Å². The highest BCUT2D eigenvalue weighted by Crippen LogP contribution is 2.21. The van der Waals surface area contributed by atoms with Crippen molar-refractivity contribution in [2.75, 3.05) is 31.6 Å². The lowest BCUT2D eigenvalue weighted by molar-refractivity contribution is 0.0277. The number of rotatable bonds is 6. The second-order valence-electron chi connectivity index (χ2n) is 6.59. The molecule has 2 N–H and O–H groups in total. The highest BCUT2D eigenvalue weighted by Gasteiger charge is 2.16. The number of nitrogens with zero attached hydrogens (tertiary/aromatic N) is 3. The van der Waals surface area contributed by atoms with Gasteiger partial charge in [-0.2, -0.15) is 9.90 Å². The Morgan fingerprint density at radius 1 is 1.23 bits per heavy atom. The quantitative estimate of drug-likeness (QED) is 0.626. The topological polar surface area (TPSA) is 90.3 Å². The number of halogens is 1. The molecule has 1 unspecified atom stereocenters. The number of morpholine rings is 1. The van der Waals surface area contributed by atoms with Gasteiger partial charge in [0.2, 0.25) is 0 Å². The molecule has 0 radical (unpaired) electrons. The summed E-state index contributed by atoms with van der Waals surface area (Å²) < 4.78 is 11.2. The molecule has 1 aliphatic heterocycles. The number of carbonyl (C=O) groups is 1. The van der Waals surface area contributed by atoms with Crippen molar-refractivity contribution in [3.8, 4) is 11.4 Å². The highest BCUT2D eigenvalue weighted by atomic mass is 35.5. The minimum Gasteiger partial charge on any atom is -0.494 e. The fourth-order valence-corrected chi connectivity index (χ4v) is 3.09. The van der Waals surface area contributed by atoms with E-state index in [9.17, 15) is 4.79 Å². The van der Waals surface area contributed by atoms with Gasteiger partial charge in [-0.25, -0.2) is 0 Å². The third-order valence-electron chi connectivity index (χ3n) is 4.57. The summed E-state index contributed by atoms with van der Waals surface area (Å²) in [6.45, 7) is 4.91. The molecule has 2 heterocycles. The molecule has 30 heavy (non-hydrogen) atoms. The number of aromatic nitrogens is 3. The Labute approximate surface area is 181 Å². The summed E-state index contributed by atoms with van der Waals surface area (Å²) in [6.07, 6.45) is 1.49. The van der Waals surface area contributed by atoms with Crippen molar-refractivity contribution in [2.24, 2.45) is 0 Å². The molecule has 3 aromatic rings. The summed E-state index contributed by atoms with van der Waals surface area (Å²) in [6, 6.07) is 15.0. The van der Waals surface area contributed by atoms with Crippen LogP contribution in [0.3, 0.4) is 0 Å². The molecule has 1 fully saturated rings. The summed E-state index contributed by atoms with van der Waals surface area (Å²) >= 11 is 0. The van der Waals surface area contributed by atoms with Crippen LogP contribution in [0.5, 0.6) is 5.75 Å². The van der Waals surface area contributed by atoms with Crippen molar-refractivity contribution in [1.82, 2.24) is 20.3 Å². The first-order chi connectivity index (χ1) is 14.2. The molecule has 1 aliphatic rings. The van der Waals surface area contributed by atoms with Gasteiger partial charge >= 0.3 is 0 Å². The maximum atomic E-state index is 12.5. The van der Waals surface area contributed by atoms with Gasteiger partial charge in [0, 0.05) is 18.8 Å². The van der Waals surface area contributed by atoms with Crippen molar-refractivity contribution in [3.63, 3.8) is 0 Å². The number of amides is 1. The molecule has 4 rings (SSSR count). The van der Waals surface area contributed by atoms with Crippen LogP contribution in [0.1, 0.15) is 29.1 Å². The summed E-state index contributed by atoms with van der Waals surface area (Å²) in [5.41, 5.74) is 2.76. The molecule has 0 saturated carbocycles. The van der Waals surface area contributed by atoms with Crippen LogP contribution in [0, 0.1) is 0 Å². The zero-order valence-corrected chi connectivity index (χ0v) is 17.4. The summed E-state index contributed by atoms with van der Waals surface area (Å²) in [5.74, 6) is 0.463. The van der Waals surface area contributed by atoms with E-state index in [0.29, 0.717) is 18.9 Å². The summed E-state index contributed by atoms with van der Waals surface area (Å²) in [7, 11) is 0. The maximum Gasteiger partial charge on any atom is 0.277 e. The maximum absolute atomic E-state index is 12.5. The van der Waals surface area contributed by atoms with Gasteiger partial charge < -0.3 is 20.1 Å². The van der Waals surface area contributed by atoms with Gasteiger partial charge in [0.05, 0.1) is 31.2 Å². The van der Waals surface area contributed by atoms with Crippen LogP contribution in [-0.4, -0.2) is 47.2 Å². The highest BCUT2D eigenvalue weighted by molar-refractivity contribution is 6.02.